The first-order chi connectivity index (χ1) is 15.0. The van der Waals surface area contributed by atoms with E-state index in [2.05, 4.69) is 34.5 Å². The monoisotopic (exact) mass is 441 g/mol. The zero-order valence-electron chi connectivity index (χ0n) is 17.9. The molecule has 6 nitrogen and oxygen atoms in total. The summed E-state index contributed by atoms with van der Waals surface area (Å²) in [7, 11) is -3.56. The molecule has 2 aromatic rings. The number of nitrogens with one attached hydrogen (secondary N) is 1. The maximum absolute atomic E-state index is 12.9. The number of amides is 1. The molecule has 0 aromatic heterocycles. The molecule has 2 aromatic carbocycles. The Morgan fingerprint density at radius 1 is 0.903 bits per heavy atom. The summed E-state index contributed by atoms with van der Waals surface area (Å²) in [6.45, 7) is 3.37. The van der Waals surface area contributed by atoms with E-state index in [9.17, 15) is 13.2 Å². The number of hydrogen-bond acceptors (Lipinski definition) is 4. The van der Waals surface area contributed by atoms with Gasteiger partial charge in [-0.15, -0.1) is 0 Å². The van der Waals surface area contributed by atoms with Crippen molar-refractivity contribution in [3.05, 3.63) is 60.2 Å². The third-order valence-corrected chi connectivity index (χ3v) is 8.14. The van der Waals surface area contributed by atoms with Gasteiger partial charge in [-0.2, -0.15) is 4.31 Å². The summed E-state index contributed by atoms with van der Waals surface area (Å²) in [5.41, 5.74) is 2.29. The van der Waals surface area contributed by atoms with Crippen LogP contribution in [0.25, 0.3) is 0 Å². The molecule has 1 atom stereocenters. The van der Waals surface area contributed by atoms with Crippen molar-refractivity contribution >= 4 is 21.6 Å². The molecule has 4 rings (SSSR count). The summed E-state index contributed by atoms with van der Waals surface area (Å²) >= 11 is 0. The molecule has 2 saturated heterocycles. The molecule has 0 saturated carbocycles. The molecular formula is C24H31N3O3S. The molecule has 1 N–H and O–H groups in total. The minimum Gasteiger partial charge on any atom is -0.372 e. The van der Waals surface area contributed by atoms with E-state index in [0.29, 0.717) is 25.9 Å². The number of benzene rings is 2. The van der Waals surface area contributed by atoms with Crippen LogP contribution in [0.15, 0.2) is 59.5 Å². The summed E-state index contributed by atoms with van der Waals surface area (Å²) in [5.74, 6) is -0.395. The van der Waals surface area contributed by atoms with Crippen molar-refractivity contribution in [2.45, 2.75) is 43.5 Å². The van der Waals surface area contributed by atoms with Gasteiger partial charge >= 0.3 is 0 Å². The number of rotatable bonds is 6. The van der Waals surface area contributed by atoms with Gasteiger partial charge in [0.15, 0.2) is 0 Å². The van der Waals surface area contributed by atoms with Gasteiger partial charge in [-0.05, 0) is 61.9 Å². The lowest BCUT2D eigenvalue weighted by atomic mass is 9.98. The Bertz CT molecular complexity index is 971. The molecule has 2 aliphatic heterocycles. The second kappa shape index (κ2) is 9.83. The smallest absolute Gasteiger partial charge is 0.243 e. The molecule has 1 amide bonds. The van der Waals surface area contributed by atoms with E-state index in [0.717, 1.165) is 18.7 Å². The van der Waals surface area contributed by atoms with E-state index < -0.39 is 10.0 Å². The van der Waals surface area contributed by atoms with Crippen LogP contribution >= 0.6 is 0 Å². The van der Waals surface area contributed by atoms with Crippen LogP contribution in [0.1, 0.15) is 37.7 Å². The molecule has 2 aliphatic rings. The van der Waals surface area contributed by atoms with Gasteiger partial charge in [0, 0.05) is 38.4 Å². The minimum absolute atomic E-state index is 0.0759. The number of hydrogen-bond donors (Lipinski definition) is 1. The Labute approximate surface area is 185 Å². The van der Waals surface area contributed by atoms with Gasteiger partial charge in [0.25, 0.3) is 0 Å². The fourth-order valence-electron chi connectivity index (χ4n) is 4.43. The Balaban J connectivity index is 1.32. The van der Waals surface area contributed by atoms with Crippen LogP contribution in [0.5, 0.6) is 0 Å². The van der Waals surface area contributed by atoms with Crippen molar-refractivity contribution in [1.29, 1.82) is 0 Å². The lowest BCUT2D eigenvalue weighted by Crippen LogP contribution is -2.45. The number of nitrogens with zero attached hydrogens (tertiary/aromatic N) is 2. The van der Waals surface area contributed by atoms with Gasteiger partial charge in [0.05, 0.1) is 10.8 Å². The molecule has 0 radical (unpaired) electrons. The molecule has 2 heterocycles. The average molecular weight is 442 g/mol. The largest absolute Gasteiger partial charge is 0.372 e. The van der Waals surface area contributed by atoms with E-state index in [1.807, 2.05) is 0 Å². The highest BCUT2D eigenvalue weighted by atomic mass is 32.2. The highest BCUT2D eigenvalue weighted by molar-refractivity contribution is 7.89. The summed E-state index contributed by atoms with van der Waals surface area (Å²) in [5, 5.41) is 3.01. The number of sulfonamides is 1. The first-order valence-electron chi connectivity index (χ1n) is 11.2. The third-order valence-electron chi connectivity index (χ3n) is 6.26. The van der Waals surface area contributed by atoms with Crippen molar-refractivity contribution < 1.29 is 13.2 Å². The molecule has 166 valence electrons. The van der Waals surface area contributed by atoms with Gasteiger partial charge in [0.1, 0.15) is 0 Å². The van der Waals surface area contributed by atoms with Crippen LogP contribution in [0.4, 0.5) is 5.69 Å². The number of carbonyl (C=O) groups is 1. The molecule has 0 spiro atoms. The summed E-state index contributed by atoms with van der Waals surface area (Å²) < 4.78 is 27.2. The Kier molecular flexibility index (Phi) is 6.92. The molecule has 0 unspecified atom stereocenters. The first kappa shape index (κ1) is 21.8. The van der Waals surface area contributed by atoms with E-state index in [1.54, 1.807) is 30.3 Å². The third kappa shape index (κ3) is 5.28. The predicted octanol–water partition coefficient (Wildman–Crippen LogP) is 3.39. The zero-order chi connectivity index (χ0) is 21.7. The SMILES string of the molecule is O=C(NCc1ccc(N2CCCCC2)cc1)[C@H]1CCCN(S(=O)(=O)c2ccccc2)C1. The van der Waals surface area contributed by atoms with Gasteiger partial charge in [-0.3, -0.25) is 4.79 Å². The van der Waals surface area contributed by atoms with E-state index in [4.69, 9.17) is 0 Å². The van der Waals surface area contributed by atoms with Gasteiger partial charge in [0.2, 0.25) is 15.9 Å². The van der Waals surface area contributed by atoms with Crippen LogP contribution in [0.3, 0.4) is 0 Å². The maximum Gasteiger partial charge on any atom is 0.243 e. The normalized spacial score (nSPS) is 20.4. The van der Waals surface area contributed by atoms with Gasteiger partial charge < -0.3 is 10.2 Å². The van der Waals surface area contributed by atoms with E-state index >= 15 is 0 Å². The van der Waals surface area contributed by atoms with Crippen molar-refractivity contribution in [3.8, 4) is 0 Å². The predicted molar refractivity (Wildman–Crippen MR) is 122 cm³/mol. The summed E-state index contributed by atoms with van der Waals surface area (Å²) in [4.78, 5) is 15.4. The molecule has 31 heavy (non-hydrogen) atoms. The Morgan fingerprint density at radius 3 is 2.32 bits per heavy atom. The fourth-order valence-corrected chi connectivity index (χ4v) is 5.97. The number of anilines is 1. The molecular weight excluding hydrogens is 410 g/mol. The fraction of sp³-hybridized carbons (Fsp3) is 0.458. The number of carbonyl (C=O) groups excluding carboxylic acids is 1. The quantitative estimate of drug-likeness (QED) is 0.746. The minimum atomic E-state index is -3.56. The van der Waals surface area contributed by atoms with Gasteiger partial charge in [-0.1, -0.05) is 30.3 Å². The standard InChI is InChI=1S/C24H31N3O3S/c28-24(25-18-20-11-13-22(14-12-20)26-15-5-2-6-16-26)21-8-7-17-27(19-21)31(29,30)23-9-3-1-4-10-23/h1,3-4,9-14,21H,2,5-8,15-19H2,(H,25,28)/t21-/m0/s1. The molecule has 0 aliphatic carbocycles. The summed E-state index contributed by atoms with van der Waals surface area (Å²) in [6, 6.07) is 16.8. The van der Waals surface area contributed by atoms with Crippen LogP contribution < -0.4 is 10.2 Å². The average Bonchev–Trinajstić information content (AvgIpc) is 2.84. The van der Waals surface area contributed by atoms with Gasteiger partial charge in [-0.25, -0.2) is 8.42 Å². The Morgan fingerprint density at radius 2 is 1.61 bits per heavy atom. The highest BCUT2D eigenvalue weighted by Crippen LogP contribution is 2.24. The second-order valence-electron chi connectivity index (χ2n) is 8.45. The molecule has 2 fully saturated rings. The van der Waals surface area contributed by atoms with Crippen LogP contribution in [-0.2, 0) is 21.4 Å². The van der Waals surface area contributed by atoms with Crippen molar-refractivity contribution in [1.82, 2.24) is 9.62 Å². The maximum atomic E-state index is 12.9. The van der Waals surface area contributed by atoms with Crippen LogP contribution in [0, 0.1) is 5.92 Å². The highest BCUT2D eigenvalue weighted by Gasteiger charge is 2.33. The molecule has 0 bridgehead atoms. The topological polar surface area (TPSA) is 69.7 Å². The zero-order valence-corrected chi connectivity index (χ0v) is 18.7. The van der Waals surface area contributed by atoms with Crippen LogP contribution in [0.2, 0.25) is 0 Å². The Hall–Kier alpha value is -2.38. The summed E-state index contributed by atoms with van der Waals surface area (Å²) in [6.07, 6.45) is 5.20. The lowest BCUT2D eigenvalue weighted by Gasteiger charge is -2.31. The van der Waals surface area contributed by atoms with Crippen molar-refractivity contribution in [2.24, 2.45) is 5.92 Å². The van der Waals surface area contributed by atoms with Crippen molar-refractivity contribution in [3.63, 3.8) is 0 Å². The molecule has 7 heteroatoms. The first-order valence-corrected chi connectivity index (χ1v) is 12.6. The number of piperidine rings is 2. The second-order valence-corrected chi connectivity index (χ2v) is 10.4. The van der Waals surface area contributed by atoms with Crippen molar-refractivity contribution in [2.75, 3.05) is 31.1 Å². The van der Waals surface area contributed by atoms with E-state index in [1.165, 1.54) is 29.3 Å². The van der Waals surface area contributed by atoms with Crippen LogP contribution in [-0.4, -0.2) is 44.8 Å². The van der Waals surface area contributed by atoms with E-state index in [-0.39, 0.29) is 23.3 Å². The lowest BCUT2D eigenvalue weighted by molar-refractivity contribution is -0.126.